The molecule has 1 saturated heterocycles. The molecule has 2 aromatic heterocycles. The molecule has 15 heteroatoms. The fourth-order valence-electron chi connectivity index (χ4n) is 5.44. The van der Waals surface area contributed by atoms with Gasteiger partial charge in [0.1, 0.15) is 25.7 Å². The van der Waals surface area contributed by atoms with Crippen molar-refractivity contribution in [3.8, 4) is 0 Å². The number of nitrogens with one attached hydrogen (secondary N) is 1. The summed E-state index contributed by atoms with van der Waals surface area (Å²) in [5, 5.41) is 11.3. The van der Waals surface area contributed by atoms with Gasteiger partial charge in [0.25, 0.3) is 11.8 Å². The summed E-state index contributed by atoms with van der Waals surface area (Å²) in [4.78, 5) is 41.0. The maximum atomic E-state index is 14.1. The second kappa shape index (κ2) is 13.7. The monoisotopic (exact) mass is 731 g/mol. The lowest BCUT2D eigenvalue weighted by atomic mass is 9.80. The number of amides is 2. The zero-order chi connectivity index (χ0) is 33.3. The normalized spacial score (nSPS) is 17.7. The first-order valence-corrected chi connectivity index (χ1v) is 18.5. The van der Waals surface area contributed by atoms with E-state index in [2.05, 4.69) is 25.0 Å². The highest BCUT2D eigenvalue weighted by Crippen LogP contribution is 2.43. The van der Waals surface area contributed by atoms with Crippen molar-refractivity contribution < 1.29 is 14.4 Å². The number of nitrogens with zero attached hydrogens (tertiary/aromatic N) is 5. The number of anilines is 1. The van der Waals surface area contributed by atoms with Crippen LogP contribution in [0.1, 0.15) is 28.1 Å². The van der Waals surface area contributed by atoms with Gasteiger partial charge in [-0.2, -0.15) is 0 Å². The molecule has 0 bridgehead atoms. The summed E-state index contributed by atoms with van der Waals surface area (Å²) in [5.74, 6) is -0.247. The van der Waals surface area contributed by atoms with E-state index >= 15 is 0 Å². The number of benzene rings is 3. The minimum atomic E-state index is -1.27. The van der Waals surface area contributed by atoms with Gasteiger partial charge in [-0.25, -0.2) is 4.98 Å². The number of rotatable bonds is 10. The number of oxime groups is 1. The molecule has 0 radical (unpaired) electrons. The Morgan fingerprint density at radius 3 is 2.17 bits per heavy atom. The molecule has 1 fully saturated rings. The van der Waals surface area contributed by atoms with Gasteiger partial charge >= 0.3 is 0 Å². The van der Waals surface area contributed by atoms with Gasteiger partial charge in [0.2, 0.25) is 5.60 Å². The largest absolute Gasteiger partial charge is 0.375 e. The summed E-state index contributed by atoms with van der Waals surface area (Å²) in [7, 11) is 0. The van der Waals surface area contributed by atoms with Crippen LogP contribution >= 0.6 is 58.0 Å². The molecule has 0 spiro atoms. The molecule has 3 N–H and O–H groups in total. The van der Waals surface area contributed by atoms with Crippen LogP contribution in [0.2, 0.25) is 4.34 Å². The zero-order valence-electron chi connectivity index (χ0n) is 25.1. The minimum Gasteiger partial charge on any atom is -0.375 e. The molecule has 2 aliphatic heterocycles. The Morgan fingerprint density at radius 2 is 1.65 bits per heavy atom. The minimum absolute atomic E-state index is 0.0618. The standard InChI is InChI=1S/C33H26ClN7O3S4/c1-19-31(48-40-38-19)46-23-17-41-29(43)26(30(41)45-18-23)36-28(42)25(24-27(34)47-32(35)37-24)39-44-33(20-11-5-2-6-12-20,21-13-7-3-8-14-21)22-15-9-4-10-16-22/h2-17,26,30H,18H2,1H3,(H2,35,37)(H,36,42)/t26-,30?/m1/s1. The van der Waals surface area contributed by atoms with E-state index in [9.17, 15) is 9.59 Å². The first-order valence-electron chi connectivity index (χ1n) is 14.6. The molecule has 0 saturated carbocycles. The predicted molar refractivity (Wildman–Crippen MR) is 192 cm³/mol. The highest BCUT2D eigenvalue weighted by molar-refractivity contribution is 8.07. The van der Waals surface area contributed by atoms with Crippen molar-refractivity contribution in [3.05, 3.63) is 135 Å². The SMILES string of the molecule is Cc1nnsc1SC1=CN2C(=O)[C@@H](NC(=O)C(=NOC(c3ccccc3)(c3ccccc3)c3ccccc3)c3nc(N)sc3Cl)C2SC1. The van der Waals surface area contributed by atoms with E-state index in [4.69, 9.17) is 22.2 Å². The Bertz CT molecular complexity index is 1930. The van der Waals surface area contributed by atoms with E-state index < -0.39 is 17.6 Å². The van der Waals surface area contributed by atoms with E-state index in [1.165, 1.54) is 11.5 Å². The Morgan fingerprint density at radius 1 is 1.04 bits per heavy atom. The number of carbonyl (C=O) groups is 2. The van der Waals surface area contributed by atoms with Crippen molar-refractivity contribution in [1.29, 1.82) is 0 Å². The molecule has 2 atom stereocenters. The van der Waals surface area contributed by atoms with Crippen molar-refractivity contribution >= 4 is 80.7 Å². The fourth-order valence-corrected chi connectivity index (χ4v) is 9.50. The molecule has 7 rings (SSSR count). The number of nitrogens with two attached hydrogens (primary N) is 1. The number of thioether (sulfide) groups is 2. The maximum absolute atomic E-state index is 14.1. The van der Waals surface area contributed by atoms with Gasteiger partial charge in [-0.05, 0) is 18.5 Å². The quantitative estimate of drug-likeness (QED) is 0.0736. The smallest absolute Gasteiger partial charge is 0.276 e. The van der Waals surface area contributed by atoms with Gasteiger partial charge in [0.15, 0.2) is 10.8 Å². The molecule has 1 unspecified atom stereocenters. The summed E-state index contributed by atoms with van der Waals surface area (Å²) >= 11 is 12.0. The molecule has 10 nitrogen and oxygen atoms in total. The number of hydrogen-bond donors (Lipinski definition) is 2. The van der Waals surface area contributed by atoms with Gasteiger partial charge in [0, 0.05) is 33.5 Å². The molecule has 2 amide bonds. The van der Waals surface area contributed by atoms with Crippen molar-refractivity contribution in [2.75, 3.05) is 11.5 Å². The van der Waals surface area contributed by atoms with Crippen molar-refractivity contribution in [2.24, 2.45) is 5.16 Å². The van der Waals surface area contributed by atoms with Crippen LogP contribution in [0.4, 0.5) is 5.13 Å². The van der Waals surface area contributed by atoms with Crippen molar-refractivity contribution in [2.45, 2.75) is 28.1 Å². The lowest BCUT2D eigenvalue weighted by Gasteiger charge is -2.47. The van der Waals surface area contributed by atoms with Crippen molar-refractivity contribution in [3.63, 3.8) is 0 Å². The third-order valence-electron chi connectivity index (χ3n) is 7.74. The van der Waals surface area contributed by atoms with Gasteiger partial charge in [-0.3, -0.25) is 9.59 Å². The van der Waals surface area contributed by atoms with E-state index in [1.807, 2.05) is 104 Å². The number of halogens is 1. The van der Waals surface area contributed by atoms with Crippen LogP contribution in [-0.4, -0.2) is 54.2 Å². The van der Waals surface area contributed by atoms with Crippen LogP contribution in [0.15, 0.2) is 111 Å². The number of thiazole rings is 1. The third-order valence-corrected chi connectivity index (χ3v) is 12.4. The topological polar surface area (TPSA) is 136 Å². The molecule has 242 valence electrons. The average Bonchev–Trinajstić information content (AvgIpc) is 3.68. The Kier molecular flexibility index (Phi) is 9.25. The lowest BCUT2D eigenvalue weighted by Crippen LogP contribution is -2.69. The summed E-state index contributed by atoms with van der Waals surface area (Å²) in [6.45, 7) is 1.90. The molecular formula is C33H26ClN7O3S4. The van der Waals surface area contributed by atoms with Crippen LogP contribution in [0.3, 0.4) is 0 Å². The average molecular weight is 732 g/mol. The summed E-state index contributed by atoms with van der Waals surface area (Å²) in [6, 6.07) is 28.1. The summed E-state index contributed by atoms with van der Waals surface area (Å²) < 4.78 is 5.14. The summed E-state index contributed by atoms with van der Waals surface area (Å²) in [5.41, 5.74) is 7.79. The highest BCUT2D eigenvalue weighted by Gasteiger charge is 2.50. The number of hydrogen-bond acceptors (Lipinski definition) is 12. The summed E-state index contributed by atoms with van der Waals surface area (Å²) in [6.07, 6.45) is 1.83. The molecule has 2 aliphatic rings. The van der Waals surface area contributed by atoms with E-state index in [0.717, 1.165) is 42.8 Å². The molecule has 3 aromatic carbocycles. The Labute approximate surface area is 297 Å². The number of carbonyl (C=O) groups excluding carboxylic acids is 2. The second-order valence-electron chi connectivity index (χ2n) is 10.7. The predicted octanol–water partition coefficient (Wildman–Crippen LogP) is 6.29. The van der Waals surface area contributed by atoms with Crippen LogP contribution in [0, 0.1) is 6.92 Å². The maximum Gasteiger partial charge on any atom is 0.276 e. The van der Waals surface area contributed by atoms with Gasteiger partial charge in [-0.1, -0.05) is 135 Å². The molecular weight excluding hydrogens is 706 g/mol. The van der Waals surface area contributed by atoms with E-state index in [-0.39, 0.29) is 32.2 Å². The molecule has 0 aliphatic carbocycles. The van der Waals surface area contributed by atoms with Crippen LogP contribution < -0.4 is 11.1 Å². The van der Waals surface area contributed by atoms with Crippen LogP contribution in [-0.2, 0) is 20.0 Å². The fraction of sp³-hybridized carbons (Fsp3) is 0.152. The number of aromatic nitrogens is 3. The van der Waals surface area contributed by atoms with Crippen LogP contribution in [0.5, 0.6) is 0 Å². The van der Waals surface area contributed by atoms with Gasteiger partial charge < -0.3 is 20.8 Å². The third kappa shape index (κ3) is 6.10. The zero-order valence-corrected chi connectivity index (χ0v) is 29.2. The van der Waals surface area contributed by atoms with E-state index in [0.29, 0.717) is 5.75 Å². The Hall–Kier alpha value is -4.21. The van der Waals surface area contributed by atoms with Crippen LogP contribution in [0.25, 0.3) is 0 Å². The second-order valence-corrected chi connectivity index (χ2v) is 15.6. The van der Waals surface area contributed by atoms with Crippen molar-refractivity contribution in [1.82, 2.24) is 24.8 Å². The number of fused-ring (bicyclic) bond motifs is 1. The number of β-lactam (4-membered cyclic amide) rings is 1. The Balaban J connectivity index is 1.23. The number of aryl methyl sites for hydroxylation is 1. The highest BCUT2D eigenvalue weighted by atomic mass is 35.5. The van der Waals surface area contributed by atoms with E-state index in [1.54, 1.807) is 28.4 Å². The first kappa shape index (κ1) is 32.3. The molecule has 5 aromatic rings. The molecule has 48 heavy (non-hydrogen) atoms. The number of nitrogen functional groups attached to an aromatic ring is 1. The lowest BCUT2D eigenvalue weighted by molar-refractivity contribution is -0.143. The van der Waals surface area contributed by atoms with Gasteiger partial charge in [-0.15, -0.1) is 16.9 Å². The first-order chi connectivity index (χ1) is 23.3. The van der Waals surface area contributed by atoms with Gasteiger partial charge in [0.05, 0.1) is 5.69 Å². The molecule has 4 heterocycles.